The largest absolute Gasteiger partial charge is 0.356 e. The van der Waals surface area contributed by atoms with E-state index in [0.717, 1.165) is 0 Å². The summed E-state index contributed by atoms with van der Waals surface area (Å²) in [7, 11) is 0. The maximum Gasteiger partial charge on any atom is 0.103 e. The fraction of sp³-hybridized carbons (Fsp3) is 0.900. The Morgan fingerprint density at radius 3 is 1.59 bits per heavy atom. The Balaban J connectivity index is 2.23. The van der Waals surface area contributed by atoms with E-state index in [1.165, 1.54) is 77.3 Å². The van der Waals surface area contributed by atoms with E-state index in [-0.39, 0.29) is 0 Å². The maximum atomic E-state index is 2.59. The summed E-state index contributed by atoms with van der Waals surface area (Å²) in [5.74, 6) is 0.696. The molecule has 2 nitrogen and oxygen atoms in total. The Morgan fingerprint density at radius 2 is 1.09 bits per heavy atom. The van der Waals surface area contributed by atoms with Crippen LogP contribution in [0.2, 0.25) is 0 Å². The lowest BCUT2D eigenvalue weighted by atomic mass is 10.1. The second-order valence-electron chi connectivity index (χ2n) is 7.26. The van der Waals surface area contributed by atoms with Gasteiger partial charge >= 0.3 is 0 Å². The third-order valence-corrected chi connectivity index (χ3v) is 4.77. The molecular weight excluding hydrogens is 268 g/mol. The van der Waals surface area contributed by atoms with Gasteiger partial charge in [-0.05, 0) is 18.8 Å². The normalized spacial score (nSPS) is 18.0. The highest BCUT2D eigenvalue weighted by Gasteiger charge is 2.27. The molecule has 0 aromatic heterocycles. The van der Waals surface area contributed by atoms with Gasteiger partial charge in [0.2, 0.25) is 0 Å². The molecule has 0 saturated heterocycles. The smallest absolute Gasteiger partial charge is 0.103 e. The second kappa shape index (κ2) is 11.8. The van der Waals surface area contributed by atoms with E-state index in [1.807, 2.05) is 0 Å². The predicted molar refractivity (Wildman–Crippen MR) is 98.7 cm³/mol. The summed E-state index contributed by atoms with van der Waals surface area (Å²) in [6, 6.07) is 0. The van der Waals surface area contributed by atoms with Crippen LogP contribution in [0.5, 0.6) is 0 Å². The summed E-state index contributed by atoms with van der Waals surface area (Å²) in [4.78, 5) is 5.16. The molecule has 1 atom stereocenters. The molecule has 0 radical (unpaired) electrons. The molecule has 0 amide bonds. The maximum absolute atomic E-state index is 2.59. The summed E-state index contributed by atoms with van der Waals surface area (Å²) >= 11 is 0. The molecule has 0 saturated carbocycles. The van der Waals surface area contributed by atoms with E-state index < -0.39 is 0 Å². The first-order chi connectivity index (χ1) is 10.7. The molecule has 1 rings (SSSR count). The first-order valence-electron chi connectivity index (χ1n) is 9.90. The van der Waals surface area contributed by atoms with Crippen LogP contribution in [0, 0.1) is 5.92 Å². The average Bonchev–Trinajstić information content (AvgIpc) is 2.90. The Hall–Kier alpha value is -0.660. The summed E-state index contributed by atoms with van der Waals surface area (Å²) < 4.78 is 0. The molecule has 22 heavy (non-hydrogen) atoms. The Kier molecular flexibility index (Phi) is 10.4. The number of hydrogen-bond donors (Lipinski definition) is 0. The molecule has 0 aromatic rings. The van der Waals surface area contributed by atoms with Gasteiger partial charge in [0.25, 0.3) is 0 Å². The van der Waals surface area contributed by atoms with Gasteiger partial charge in [-0.3, -0.25) is 0 Å². The van der Waals surface area contributed by atoms with Crippen LogP contribution in [0.3, 0.4) is 0 Å². The molecule has 0 spiro atoms. The van der Waals surface area contributed by atoms with Gasteiger partial charge < -0.3 is 9.80 Å². The van der Waals surface area contributed by atoms with E-state index in [1.54, 1.807) is 0 Å². The van der Waals surface area contributed by atoms with Crippen LogP contribution in [0.25, 0.3) is 0 Å². The van der Waals surface area contributed by atoms with Gasteiger partial charge in [-0.2, -0.15) is 0 Å². The third-order valence-electron chi connectivity index (χ3n) is 4.77. The van der Waals surface area contributed by atoms with Gasteiger partial charge in [-0.25, -0.2) is 0 Å². The van der Waals surface area contributed by atoms with Crippen LogP contribution >= 0.6 is 0 Å². The second-order valence-corrected chi connectivity index (χ2v) is 7.26. The highest BCUT2D eigenvalue weighted by atomic mass is 15.4. The number of nitrogens with zero attached hydrogens (tertiary/aromatic N) is 2. The molecule has 0 aromatic carbocycles. The molecule has 1 aliphatic rings. The molecule has 0 aliphatic carbocycles. The molecule has 1 heterocycles. The lowest BCUT2D eigenvalue weighted by Crippen LogP contribution is -2.43. The van der Waals surface area contributed by atoms with E-state index >= 15 is 0 Å². The summed E-state index contributed by atoms with van der Waals surface area (Å²) in [5.41, 5.74) is 0. The third kappa shape index (κ3) is 7.07. The minimum Gasteiger partial charge on any atom is -0.356 e. The van der Waals surface area contributed by atoms with Crippen molar-refractivity contribution in [2.75, 3.05) is 13.1 Å². The monoisotopic (exact) mass is 308 g/mol. The number of hydrogen-bond acceptors (Lipinski definition) is 2. The minimum atomic E-state index is 0.594. The lowest BCUT2D eigenvalue weighted by molar-refractivity contribution is 0.104. The van der Waals surface area contributed by atoms with Gasteiger partial charge in [0.15, 0.2) is 0 Å². The van der Waals surface area contributed by atoms with Crippen molar-refractivity contribution in [1.82, 2.24) is 9.80 Å². The van der Waals surface area contributed by atoms with E-state index in [2.05, 4.69) is 49.9 Å². The van der Waals surface area contributed by atoms with Gasteiger partial charge in [-0.1, -0.05) is 79.1 Å². The molecule has 2 heteroatoms. The van der Waals surface area contributed by atoms with Crippen LogP contribution < -0.4 is 0 Å². The zero-order chi connectivity index (χ0) is 16.2. The van der Waals surface area contributed by atoms with Crippen molar-refractivity contribution in [3.8, 4) is 0 Å². The fourth-order valence-corrected chi connectivity index (χ4v) is 3.51. The first-order valence-corrected chi connectivity index (χ1v) is 9.90. The zero-order valence-corrected chi connectivity index (χ0v) is 15.7. The van der Waals surface area contributed by atoms with Crippen molar-refractivity contribution in [3.63, 3.8) is 0 Å². The van der Waals surface area contributed by atoms with Crippen LogP contribution in [-0.4, -0.2) is 29.1 Å². The molecule has 130 valence electrons. The highest BCUT2D eigenvalue weighted by molar-refractivity contribution is 4.98. The van der Waals surface area contributed by atoms with E-state index in [4.69, 9.17) is 0 Å². The quantitative estimate of drug-likeness (QED) is 0.385. The van der Waals surface area contributed by atoms with Crippen molar-refractivity contribution in [1.29, 1.82) is 0 Å². The Bertz CT molecular complexity index is 285. The predicted octanol–water partition coefficient (Wildman–Crippen LogP) is 6.00. The van der Waals surface area contributed by atoms with Crippen molar-refractivity contribution in [2.45, 2.75) is 98.1 Å². The standard InChI is InChI=1S/C20H40N2/c1-5-7-9-10-11-12-14-16-22-18-17-21(15-13-8-6-2)20(22)19(3)4/h17-20H,5-16H2,1-4H3. The average molecular weight is 309 g/mol. The molecular formula is C20H40N2. The number of unbranched alkanes of at least 4 members (excludes halogenated alkanes) is 8. The fourth-order valence-electron chi connectivity index (χ4n) is 3.51. The highest BCUT2D eigenvalue weighted by Crippen LogP contribution is 2.24. The van der Waals surface area contributed by atoms with Crippen molar-refractivity contribution >= 4 is 0 Å². The topological polar surface area (TPSA) is 6.48 Å². The molecule has 1 unspecified atom stereocenters. The summed E-state index contributed by atoms with van der Waals surface area (Å²) in [6.45, 7) is 11.8. The van der Waals surface area contributed by atoms with Gasteiger partial charge in [-0.15, -0.1) is 0 Å². The van der Waals surface area contributed by atoms with Crippen LogP contribution in [0.4, 0.5) is 0 Å². The molecule has 1 aliphatic heterocycles. The zero-order valence-electron chi connectivity index (χ0n) is 15.7. The van der Waals surface area contributed by atoms with Crippen LogP contribution in [-0.2, 0) is 0 Å². The van der Waals surface area contributed by atoms with Gasteiger partial charge in [0.05, 0.1) is 0 Å². The SMILES string of the molecule is CCCCCCCCCN1C=CN(CCCCC)C1C(C)C. The van der Waals surface area contributed by atoms with Crippen LogP contribution in [0.1, 0.15) is 91.9 Å². The van der Waals surface area contributed by atoms with Crippen molar-refractivity contribution < 1.29 is 0 Å². The molecule has 0 N–H and O–H groups in total. The van der Waals surface area contributed by atoms with Crippen LogP contribution in [0.15, 0.2) is 12.4 Å². The van der Waals surface area contributed by atoms with E-state index in [9.17, 15) is 0 Å². The first kappa shape index (κ1) is 19.4. The molecule has 0 bridgehead atoms. The summed E-state index contributed by atoms with van der Waals surface area (Å²) in [6.07, 6.45) is 19.1. The minimum absolute atomic E-state index is 0.594. The van der Waals surface area contributed by atoms with Gasteiger partial charge in [0.1, 0.15) is 6.17 Å². The molecule has 0 fully saturated rings. The van der Waals surface area contributed by atoms with Crippen molar-refractivity contribution in [2.24, 2.45) is 5.92 Å². The summed E-state index contributed by atoms with van der Waals surface area (Å²) in [5, 5.41) is 0. The Labute approximate surface area is 139 Å². The number of rotatable bonds is 13. The van der Waals surface area contributed by atoms with E-state index in [0.29, 0.717) is 12.1 Å². The van der Waals surface area contributed by atoms with Gasteiger partial charge in [0, 0.05) is 25.5 Å². The Morgan fingerprint density at radius 1 is 0.682 bits per heavy atom. The lowest BCUT2D eigenvalue weighted by Gasteiger charge is -2.36. The van der Waals surface area contributed by atoms with Crippen molar-refractivity contribution in [3.05, 3.63) is 12.4 Å².